The van der Waals surface area contributed by atoms with E-state index in [2.05, 4.69) is 112 Å². The first-order valence-corrected chi connectivity index (χ1v) is 21.6. The molecule has 2 aromatic rings. The van der Waals surface area contributed by atoms with Crippen LogP contribution in [0.25, 0.3) is 0 Å². The number of rotatable bonds is 20. The van der Waals surface area contributed by atoms with Gasteiger partial charge in [0.15, 0.2) is 6.10 Å². The third-order valence-corrected chi connectivity index (χ3v) is 11.6. The van der Waals surface area contributed by atoms with Gasteiger partial charge in [0.1, 0.15) is 0 Å². The molecule has 308 valence electrons. The van der Waals surface area contributed by atoms with Crippen molar-refractivity contribution >= 4 is 46.2 Å². The van der Waals surface area contributed by atoms with E-state index < -0.39 is 29.9 Å². The molecule has 9 nitrogen and oxygen atoms in total. The van der Waals surface area contributed by atoms with E-state index in [9.17, 15) is 24.3 Å². The largest absolute Gasteiger partial charge is 0.479 e. The molecule has 0 saturated heterocycles. The summed E-state index contributed by atoms with van der Waals surface area (Å²) in [7, 11) is 1.57. The Morgan fingerprint density at radius 3 is 2.20 bits per heavy atom. The fraction of sp³-hybridized carbons (Fsp3) is 0.591. The number of esters is 1. The summed E-state index contributed by atoms with van der Waals surface area (Å²) in [5, 5.41) is 17.8. The number of hydrogen-bond acceptors (Lipinski definition) is 8. The van der Waals surface area contributed by atoms with E-state index in [4.69, 9.17) is 4.74 Å². The number of benzene rings is 2. The van der Waals surface area contributed by atoms with Gasteiger partial charge in [0.2, 0.25) is 11.8 Å². The van der Waals surface area contributed by atoms with Gasteiger partial charge in [-0.15, -0.1) is 11.7 Å². The highest BCUT2D eigenvalue weighted by Gasteiger charge is 2.41. The van der Waals surface area contributed by atoms with Crippen LogP contribution in [0, 0.1) is 44.4 Å². The van der Waals surface area contributed by atoms with E-state index in [1.165, 1.54) is 40.3 Å². The van der Waals surface area contributed by atoms with E-state index in [0.29, 0.717) is 17.8 Å². The minimum absolute atomic E-state index is 0.0205. The molecule has 1 aliphatic carbocycles. The predicted octanol–water partition coefficient (Wildman–Crippen LogP) is 8.76. The number of carboxylic acids is 1. The molecule has 0 heterocycles. The fourth-order valence-corrected chi connectivity index (χ4v) is 6.19. The first kappa shape index (κ1) is 49.7. The smallest absolute Gasteiger partial charge is 0.345 e. The van der Waals surface area contributed by atoms with E-state index in [-0.39, 0.29) is 36.1 Å². The van der Waals surface area contributed by atoms with Crippen LogP contribution in [-0.2, 0) is 30.5 Å². The lowest BCUT2D eigenvalue weighted by Gasteiger charge is -2.21. The lowest BCUT2D eigenvalue weighted by Crippen LogP contribution is -2.40. The van der Waals surface area contributed by atoms with Gasteiger partial charge < -0.3 is 25.8 Å². The Bertz CT molecular complexity index is 1510. The van der Waals surface area contributed by atoms with Gasteiger partial charge >= 0.3 is 11.9 Å². The van der Waals surface area contributed by atoms with Crippen LogP contribution in [0.15, 0.2) is 54.6 Å². The normalized spacial score (nSPS) is 16.5. The van der Waals surface area contributed by atoms with Crippen LogP contribution in [0.3, 0.4) is 0 Å². The fourth-order valence-electron chi connectivity index (χ4n) is 5.83. The van der Waals surface area contributed by atoms with Crippen LogP contribution >= 0.6 is 22.5 Å². The SMILES string of the molecule is CC.CC(C)C[C@H](OC(=O)[C@H](C)CNC(=O)CNC(=O)/C=C/CC[C@H](C)C1C[C@@H]1c1ccc(CNCC(C)(C)SS)cc1)C(=O)O.Cc1ccc(C)c(C)c1. The number of carboxylic acid groups (broad SMARTS) is 1. The summed E-state index contributed by atoms with van der Waals surface area (Å²) >= 11 is 4.33. The van der Waals surface area contributed by atoms with Crippen LogP contribution in [-0.4, -0.2) is 59.3 Å². The van der Waals surface area contributed by atoms with Gasteiger partial charge in [0, 0.05) is 24.4 Å². The zero-order valence-corrected chi connectivity index (χ0v) is 36.9. The summed E-state index contributed by atoms with van der Waals surface area (Å²) in [6.45, 7) is 23.7. The van der Waals surface area contributed by atoms with Gasteiger partial charge in [0.25, 0.3) is 0 Å². The highest BCUT2D eigenvalue weighted by atomic mass is 33.1. The lowest BCUT2D eigenvalue weighted by atomic mass is 9.96. The first-order chi connectivity index (χ1) is 25.9. The summed E-state index contributed by atoms with van der Waals surface area (Å²) in [5.74, 6) is -1.56. The molecule has 2 amide bonds. The Morgan fingerprint density at radius 2 is 1.64 bits per heavy atom. The number of nitrogens with one attached hydrogen (secondary N) is 3. The number of hydrogen-bond donors (Lipinski definition) is 5. The van der Waals surface area contributed by atoms with Gasteiger partial charge in [-0.25, -0.2) is 4.79 Å². The molecule has 0 spiro atoms. The molecule has 2 aromatic carbocycles. The van der Waals surface area contributed by atoms with E-state index >= 15 is 0 Å². The average molecular weight is 800 g/mol. The molecule has 11 heteroatoms. The topological polar surface area (TPSA) is 134 Å². The Kier molecular flexibility index (Phi) is 23.3. The van der Waals surface area contributed by atoms with Gasteiger partial charge in [-0.2, -0.15) is 0 Å². The third kappa shape index (κ3) is 20.5. The number of allylic oxidation sites excluding steroid dienone is 1. The van der Waals surface area contributed by atoms with Crippen molar-refractivity contribution in [2.45, 2.75) is 125 Å². The number of aliphatic carboxylic acids is 1. The number of thiol groups is 1. The second-order valence-corrected chi connectivity index (χ2v) is 17.4. The summed E-state index contributed by atoms with van der Waals surface area (Å²) in [5.41, 5.74) is 6.78. The number of carbonyl (C=O) groups excluding carboxylic acids is 3. The molecular weight excluding hydrogens is 731 g/mol. The summed E-state index contributed by atoms with van der Waals surface area (Å²) < 4.78 is 5.19. The maximum Gasteiger partial charge on any atom is 0.345 e. The Labute approximate surface area is 340 Å². The maximum atomic E-state index is 12.2. The van der Waals surface area contributed by atoms with Crippen molar-refractivity contribution in [3.8, 4) is 0 Å². The molecule has 1 unspecified atom stereocenters. The molecule has 1 aliphatic rings. The molecule has 0 aromatic heterocycles. The lowest BCUT2D eigenvalue weighted by molar-refractivity contribution is -0.167. The van der Waals surface area contributed by atoms with E-state index in [1.807, 2.05) is 33.8 Å². The molecule has 0 radical (unpaired) electrons. The molecule has 4 N–H and O–H groups in total. The molecule has 5 atom stereocenters. The average Bonchev–Trinajstić information content (AvgIpc) is 3.95. The Hall–Kier alpha value is -3.28. The number of ether oxygens (including phenoxy) is 1. The van der Waals surface area contributed by atoms with E-state index in [1.54, 1.807) is 17.7 Å². The van der Waals surface area contributed by atoms with Gasteiger partial charge in [0.05, 0.1) is 12.5 Å². The second-order valence-electron chi connectivity index (χ2n) is 15.6. The quantitative estimate of drug-likeness (QED) is 0.0389. The van der Waals surface area contributed by atoms with Crippen molar-refractivity contribution in [1.82, 2.24) is 16.0 Å². The predicted molar refractivity (Wildman–Crippen MR) is 231 cm³/mol. The molecule has 55 heavy (non-hydrogen) atoms. The van der Waals surface area contributed by atoms with Crippen molar-refractivity contribution in [2.75, 3.05) is 19.6 Å². The maximum absolute atomic E-state index is 12.2. The number of carbonyl (C=O) groups is 4. The van der Waals surface area contributed by atoms with Crippen LogP contribution < -0.4 is 16.0 Å². The number of aryl methyl sites for hydroxylation is 3. The zero-order chi connectivity index (χ0) is 41.7. The zero-order valence-electron chi connectivity index (χ0n) is 35.2. The molecule has 1 saturated carbocycles. The van der Waals surface area contributed by atoms with Gasteiger partial charge in [-0.3, -0.25) is 14.4 Å². The van der Waals surface area contributed by atoms with Crippen LogP contribution in [0.1, 0.15) is 115 Å². The monoisotopic (exact) mass is 799 g/mol. The van der Waals surface area contributed by atoms with Crippen molar-refractivity contribution in [3.63, 3.8) is 0 Å². The minimum Gasteiger partial charge on any atom is -0.479 e. The molecule has 0 aliphatic heterocycles. The second kappa shape index (κ2) is 25.8. The van der Waals surface area contributed by atoms with Crippen LogP contribution in [0.4, 0.5) is 0 Å². The third-order valence-electron chi connectivity index (χ3n) is 9.48. The molecule has 0 bridgehead atoms. The van der Waals surface area contributed by atoms with Crippen molar-refractivity contribution in [3.05, 3.63) is 82.4 Å². The standard InChI is InChI=1S/C33H51N3O6S2.C9H12.C2H6/c1-21(2)15-28(31(39)40)42-32(41)23(4)17-35-30(38)19-36-29(37)10-8-7-9-22(3)26-16-27(26)25-13-11-24(12-14-25)18-34-20-33(5,6)44-43;1-7-4-5-8(2)9(3)6-7;1-2/h8,10-14,21-23,26-28,34,43H,7,9,15-20H2,1-6H3,(H,35,38)(H,36,37)(H,39,40);4-6H,1-3H3;1-2H3/b10-8+;;/t22-,23+,26?,27+,28-;;/m0../s1. The summed E-state index contributed by atoms with van der Waals surface area (Å²) in [6, 6.07) is 15.4. The van der Waals surface area contributed by atoms with E-state index in [0.717, 1.165) is 25.9 Å². The highest BCUT2D eigenvalue weighted by Crippen LogP contribution is 2.52. The highest BCUT2D eigenvalue weighted by molar-refractivity contribution is 8.69. The Morgan fingerprint density at radius 1 is 0.982 bits per heavy atom. The van der Waals surface area contributed by atoms with Crippen LogP contribution in [0.2, 0.25) is 0 Å². The number of amides is 2. The molecule has 3 rings (SSSR count). The summed E-state index contributed by atoms with van der Waals surface area (Å²) in [6.07, 6.45) is 5.25. The van der Waals surface area contributed by atoms with Crippen molar-refractivity contribution in [2.24, 2.45) is 23.7 Å². The van der Waals surface area contributed by atoms with Gasteiger partial charge in [-0.05, 0) is 112 Å². The summed E-state index contributed by atoms with van der Waals surface area (Å²) in [4.78, 5) is 47.8. The van der Waals surface area contributed by atoms with Crippen molar-refractivity contribution in [1.29, 1.82) is 0 Å². The molecule has 1 fully saturated rings. The van der Waals surface area contributed by atoms with Gasteiger partial charge in [-0.1, -0.05) is 106 Å². The Balaban J connectivity index is 0.00000118. The van der Waals surface area contributed by atoms with Crippen LogP contribution in [0.5, 0.6) is 0 Å². The van der Waals surface area contributed by atoms with Crippen molar-refractivity contribution < 1.29 is 29.0 Å². The minimum atomic E-state index is -1.22. The molecular formula is C44H69N3O6S2. The first-order valence-electron chi connectivity index (χ1n) is 19.7.